The van der Waals surface area contributed by atoms with Gasteiger partial charge < -0.3 is 9.64 Å². The molecular weight excluding hydrogens is 268 g/mol. The molecule has 0 radical (unpaired) electrons. The molecule has 0 aromatic carbocycles. The summed E-state index contributed by atoms with van der Waals surface area (Å²) >= 11 is 0. The summed E-state index contributed by atoms with van der Waals surface area (Å²) < 4.78 is 28.3. The molecule has 2 rings (SSSR count). The van der Waals surface area contributed by atoms with E-state index in [2.05, 4.69) is 0 Å². The average molecular weight is 290 g/mol. The van der Waals surface area contributed by atoms with Crippen LogP contribution >= 0.6 is 0 Å². The van der Waals surface area contributed by atoms with Crippen molar-refractivity contribution in [3.63, 3.8) is 0 Å². The Kier molecular flexibility index (Phi) is 3.55. The number of nitrogens with two attached hydrogens (primary N) is 1. The summed E-state index contributed by atoms with van der Waals surface area (Å²) in [5.41, 5.74) is -0.534. The van der Waals surface area contributed by atoms with Crippen LogP contribution in [0.1, 0.15) is 46.5 Å². The first-order chi connectivity index (χ1) is 8.58. The second-order valence-electron chi connectivity index (χ2n) is 6.46. The van der Waals surface area contributed by atoms with Gasteiger partial charge in [0, 0.05) is 12.1 Å². The number of nitrogens with zero attached hydrogens (tertiary/aromatic N) is 1. The number of rotatable bonds is 1. The third kappa shape index (κ3) is 3.20. The SMILES string of the molecule is CC(C)(C)OC(=O)N1C2CC[C@H]1CC(S(N)(=O)=O)C2. The normalized spacial score (nSPS) is 31.4. The van der Waals surface area contributed by atoms with E-state index in [1.54, 1.807) is 4.90 Å². The number of carbonyl (C=O) groups excluding carboxylic acids is 1. The highest BCUT2D eigenvalue weighted by Crippen LogP contribution is 2.38. The van der Waals surface area contributed by atoms with Crippen molar-refractivity contribution in [2.75, 3.05) is 0 Å². The van der Waals surface area contributed by atoms with E-state index >= 15 is 0 Å². The Labute approximate surface area is 114 Å². The minimum absolute atomic E-state index is 0.0584. The zero-order valence-corrected chi connectivity index (χ0v) is 12.4. The monoisotopic (exact) mass is 290 g/mol. The van der Waals surface area contributed by atoms with Gasteiger partial charge in [0.1, 0.15) is 5.60 Å². The second-order valence-corrected chi connectivity index (χ2v) is 8.30. The number of hydrogen-bond donors (Lipinski definition) is 1. The molecule has 1 amide bonds. The quantitative estimate of drug-likeness (QED) is 0.786. The van der Waals surface area contributed by atoms with Gasteiger partial charge in [0.2, 0.25) is 10.0 Å². The number of sulfonamides is 1. The molecule has 2 heterocycles. The van der Waals surface area contributed by atoms with Gasteiger partial charge in [-0.1, -0.05) is 0 Å². The maximum atomic E-state index is 12.2. The number of ether oxygens (including phenoxy) is 1. The fraction of sp³-hybridized carbons (Fsp3) is 0.917. The van der Waals surface area contributed by atoms with Crippen molar-refractivity contribution >= 4 is 16.1 Å². The molecule has 7 heteroatoms. The third-order valence-electron chi connectivity index (χ3n) is 3.76. The van der Waals surface area contributed by atoms with E-state index in [4.69, 9.17) is 9.88 Å². The predicted molar refractivity (Wildman–Crippen MR) is 71.0 cm³/mol. The van der Waals surface area contributed by atoms with E-state index < -0.39 is 20.9 Å². The molecule has 2 bridgehead atoms. The van der Waals surface area contributed by atoms with Gasteiger partial charge >= 0.3 is 6.09 Å². The number of carbonyl (C=O) groups is 1. The molecule has 0 spiro atoms. The highest BCUT2D eigenvalue weighted by atomic mass is 32.2. The van der Waals surface area contributed by atoms with Crippen molar-refractivity contribution in [2.24, 2.45) is 5.14 Å². The van der Waals surface area contributed by atoms with Crippen molar-refractivity contribution in [3.8, 4) is 0 Å². The fourth-order valence-corrected chi connectivity index (χ4v) is 3.99. The molecule has 0 aromatic heterocycles. The Morgan fingerprint density at radius 2 is 1.68 bits per heavy atom. The second kappa shape index (κ2) is 4.63. The number of amides is 1. The van der Waals surface area contributed by atoms with Gasteiger partial charge in [-0.25, -0.2) is 18.4 Å². The summed E-state index contributed by atoms with van der Waals surface area (Å²) in [4.78, 5) is 13.9. The van der Waals surface area contributed by atoms with Crippen LogP contribution in [0, 0.1) is 0 Å². The molecule has 6 nitrogen and oxygen atoms in total. The van der Waals surface area contributed by atoms with Crippen LogP contribution in [0.4, 0.5) is 4.79 Å². The topological polar surface area (TPSA) is 89.7 Å². The van der Waals surface area contributed by atoms with Gasteiger partial charge in [0.25, 0.3) is 0 Å². The number of primary sulfonamides is 1. The summed E-state index contributed by atoms with van der Waals surface area (Å²) in [6, 6.07) is -0.117. The van der Waals surface area contributed by atoms with Crippen LogP contribution in [0.5, 0.6) is 0 Å². The van der Waals surface area contributed by atoms with Gasteiger partial charge in [-0.3, -0.25) is 0 Å². The molecule has 0 saturated carbocycles. The molecule has 2 N–H and O–H groups in total. The summed E-state index contributed by atoms with van der Waals surface area (Å²) in [6.07, 6.45) is 2.17. The number of piperidine rings is 1. The highest BCUT2D eigenvalue weighted by molar-refractivity contribution is 7.89. The number of hydrogen-bond acceptors (Lipinski definition) is 4. The van der Waals surface area contributed by atoms with Gasteiger partial charge in [-0.2, -0.15) is 0 Å². The molecule has 110 valence electrons. The predicted octanol–water partition coefficient (Wildman–Crippen LogP) is 1.21. The van der Waals surface area contributed by atoms with Gasteiger partial charge in [-0.05, 0) is 46.5 Å². The molecule has 2 saturated heterocycles. The lowest BCUT2D eigenvalue weighted by atomic mass is 10.0. The van der Waals surface area contributed by atoms with Crippen LogP contribution in [-0.2, 0) is 14.8 Å². The summed E-state index contributed by atoms with van der Waals surface area (Å²) in [7, 11) is -3.51. The Balaban J connectivity index is 2.10. The first kappa shape index (κ1) is 14.6. The number of fused-ring (bicyclic) bond motifs is 2. The summed E-state index contributed by atoms with van der Waals surface area (Å²) in [5.74, 6) is 0. The maximum Gasteiger partial charge on any atom is 0.410 e. The van der Waals surface area contributed by atoms with E-state index in [1.165, 1.54) is 0 Å². The molecule has 3 atom stereocenters. The third-order valence-corrected chi connectivity index (χ3v) is 5.07. The molecule has 19 heavy (non-hydrogen) atoms. The Morgan fingerprint density at radius 1 is 1.21 bits per heavy atom. The van der Waals surface area contributed by atoms with Crippen molar-refractivity contribution in [1.82, 2.24) is 4.90 Å². The molecule has 0 aromatic rings. The first-order valence-corrected chi connectivity index (χ1v) is 8.22. The Morgan fingerprint density at radius 3 is 2.05 bits per heavy atom. The molecule has 2 unspecified atom stereocenters. The smallest absolute Gasteiger partial charge is 0.410 e. The van der Waals surface area contributed by atoms with E-state index in [-0.39, 0.29) is 18.2 Å². The van der Waals surface area contributed by atoms with Crippen LogP contribution in [0.15, 0.2) is 0 Å². The van der Waals surface area contributed by atoms with Crippen molar-refractivity contribution in [1.29, 1.82) is 0 Å². The molecule has 2 aliphatic rings. The van der Waals surface area contributed by atoms with E-state index in [1.807, 2.05) is 20.8 Å². The van der Waals surface area contributed by atoms with Crippen LogP contribution in [0.2, 0.25) is 0 Å². The molecule has 2 fully saturated rings. The van der Waals surface area contributed by atoms with Crippen molar-refractivity contribution < 1.29 is 17.9 Å². The van der Waals surface area contributed by atoms with Gasteiger partial charge in [0.15, 0.2) is 0 Å². The first-order valence-electron chi connectivity index (χ1n) is 6.61. The van der Waals surface area contributed by atoms with Gasteiger partial charge in [-0.15, -0.1) is 0 Å². The van der Waals surface area contributed by atoms with Gasteiger partial charge in [0.05, 0.1) is 5.25 Å². The van der Waals surface area contributed by atoms with Crippen LogP contribution in [0.3, 0.4) is 0 Å². The lowest BCUT2D eigenvalue weighted by molar-refractivity contribution is 0.00813. The standard InChI is InChI=1S/C12H22N2O4S/c1-12(2,3)18-11(15)14-8-4-5-9(14)7-10(6-8)19(13,16)17/h8-10H,4-7H2,1-3H3,(H2,13,16,17)/t8-,9?,10?/m0/s1. The Hall–Kier alpha value is -0.820. The molecule has 2 aliphatic heterocycles. The van der Waals surface area contributed by atoms with Crippen LogP contribution in [0.25, 0.3) is 0 Å². The highest BCUT2D eigenvalue weighted by Gasteiger charge is 2.47. The van der Waals surface area contributed by atoms with Crippen LogP contribution in [-0.4, -0.2) is 42.3 Å². The summed E-state index contributed by atoms with van der Waals surface area (Å²) in [6.45, 7) is 5.47. The zero-order valence-electron chi connectivity index (χ0n) is 11.6. The van der Waals surface area contributed by atoms with Crippen molar-refractivity contribution in [3.05, 3.63) is 0 Å². The van der Waals surface area contributed by atoms with Crippen molar-refractivity contribution in [2.45, 2.75) is 69.4 Å². The fourth-order valence-electron chi connectivity index (χ4n) is 3.01. The van der Waals surface area contributed by atoms with E-state index in [0.717, 1.165) is 12.8 Å². The van der Waals surface area contributed by atoms with E-state index in [9.17, 15) is 13.2 Å². The van der Waals surface area contributed by atoms with E-state index in [0.29, 0.717) is 12.8 Å². The Bertz CT molecular complexity index is 455. The molecular formula is C12H22N2O4S. The minimum Gasteiger partial charge on any atom is -0.444 e. The lowest BCUT2D eigenvalue weighted by Crippen LogP contribution is -2.52. The van der Waals surface area contributed by atoms with Crippen LogP contribution < -0.4 is 5.14 Å². The largest absolute Gasteiger partial charge is 0.444 e. The lowest BCUT2D eigenvalue weighted by Gasteiger charge is -2.38. The molecule has 0 aliphatic carbocycles. The summed E-state index contributed by atoms with van der Waals surface area (Å²) in [5, 5.41) is 4.70. The maximum absolute atomic E-state index is 12.2. The zero-order chi connectivity index (χ0) is 14.4. The average Bonchev–Trinajstić information content (AvgIpc) is 2.45. The minimum atomic E-state index is -3.51.